The minimum Gasteiger partial charge on any atom is -0.377 e. The third-order valence-electron chi connectivity index (χ3n) is 5.04. The van der Waals surface area contributed by atoms with Gasteiger partial charge < -0.3 is 15.4 Å². The maximum absolute atomic E-state index is 13.2. The molecule has 32 heavy (non-hydrogen) atoms. The standard InChI is InChI=1S/C22H29FN4O3S.HI/c1-24-22(25-12-11-17-4-2-5-19(23)14-17)26-15-18-7-9-21(10-8-18)31(28,29)27-16-20-6-3-13-30-20;/h2,4-5,7-10,14,20,27H,3,6,11-13,15-16H2,1H3,(H2,24,25,26);1H. The normalized spacial score (nSPS) is 16.4. The Morgan fingerprint density at radius 1 is 1.16 bits per heavy atom. The van der Waals surface area contributed by atoms with E-state index >= 15 is 0 Å². The van der Waals surface area contributed by atoms with E-state index in [1.165, 1.54) is 12.1 Å². The lowest BCUT2D eigenvalue weighted by Gasteiger charge is -2.13. The van der Waals surface area contributed by atoms with Gasteiger partial charge in [-0.1, -0.05) is 24.3 Å². The number of hydrogen-bond acceptors (Lipinski definition) is 4. The van der Waals surface area contributed by atoms with Crippen LogP contribution in [-0.2, 0) is 27.7 Å². The summed E-state index contributed by atoms with van der Waals surface area (Å²) in [6.45, 7) is 2.08. The van der Waals surface area contributed by atoms with Crippen LogP contribution >= 0.6 is 24.0 Å². The highest BCUT2D eigenvalue weighted by atomic mass is 127. The Balaban J connectivity index is 0.00000363. The molecular weight excluding hydrogens is 546 g/mol. The Bertz CT molecular complexity index is 981. The van der Waals surface area contributed by atoms with Crippen molar-refractivity contribution in [3.05, 3.63) is 65.5 Å². The number of hydrogen-bond donors (Lipinski definition) is 3. The smallest absolute Gasteiger partial charge is 0.240 e. The average Bonchev–Trinajstić information content (AvgIpc) is 3.29. The van der Waals surface area contributed by atoms with E-state index in [4.69, 9.17) is 4.74 Å². The molecule has 3 N–H and O–H groups in total. The van der Waals surface area contributed by atoms with Crippen molar-refractivity contribution < 1.29 is 17.5 Å². The van der Waals surface area contributed by atoms with Gasteiger partial charge in [0.05, 0.1) is 11.0 Å². The van der Waals surface area contributed by atoms with Gasteiger partial charge in [-0.25, -0.2) is 17.5 Å². The van der Waals surface area contributed by atoms with E-state index in [1.807, 2.05) is 6.07 Å². The molecule has 1 unspecified atom stereocenters. The van der Waals surface area contributed by atoms with Gasteiger partial charge in [-0.2, -0.15) is 0 Å². The van der Waals surface area contributed by atoms with Crippen molar-refractivity contribution in [2.24, 2.45) is 4.99 Å². The van der Waals surface area contributed by atoms with Crippen molar-refractivity contribution >= 4 is 40.0 Å². The van der Waals surface area contributed by atoms with Crippen molar-refractivity contribution in [3.63, 3.8) is 0 Å². The first kappa shape index (κ1) is 26.5. The Morgan fingerprint density at radius 3 is 2.59 bits per heavy atom. The Kier molecular flexibility index (Phi) is 10.8. The zero-order valence-corrected chi connectivity index (χ0v) is 21.2. The highest BCUT2D eigenvalue weighted by Crippen LogP contribution is 2.14. The highest BCUT2D eigenvalue weighted by Gasteiger charge is 2.20. The van der Waals surface area contributed by atoms with Gasteiger partial charge in [-0.15, -0.1) is 24.0 Å². The third kappa shape index (κ3) is 8.30. The van der Waals surface area contributed by atoms with E-state index in [2.05, 4.69) is 20.3 Å². The first-order chi connectivity index (χ1) is 15.0. The molecule has 0 spiro atoms. The largest absolute Gasteiger partial charge is 0.377 e. The van der Waals surface area contributed by atoms with E-state index in [0.717, 1.165) is 24.0 Å². The van der Waals surface area contributed by atoms with Crippen LogP contribution in [0.5, 0.6) is 0 Å². The first-order valence-corrected chi connectivity index (χ1v) is 11.8. The number of halogens is 2. The van der Waals surface area contributed by atoms with Crippen LogP contribution in [0.15, 0.2) is 58.4 Å². The lowest BCUT2D eigenvalue weighted by molar-refractivity contribution is 0.114. The number of nitrogens with zero attached hydrogens (tertiary/aromatic N) is 1. The molecule has 0 radical (unpaired) electrons. The molecule has 0 saturated carbocycles. The molecule has 10 heteroatoms. The molecule has 0 bridgehead atoms. The summed E-state index contributed by atoms with van der Waals surface area (Å²) in [6.07, 6.45) is 2.48. The molecule has 0 aromatic heterocycles. The van der Waals surface area contributed by atoms with Crippen molar-refractivity contribution in [2.75, 3.05) is 26.7 Å². The van der Waals surface area contributed by atoms with Gasteiger partial charge in [-0.05, 0) is 54.7 Å². The predicted octanol–water partition coefficient (Wildman–Crippen LogP) is 2.81. The van der Waals surface area contributed by atoms with Gasteiger partial charge in [0.2, 0.25) is 10.0 Å². The number of sulfonamides is 1. The van der Waals surface area contributed by atoms with Crippen molar-refractivity contribution in [3.8, 4) is 0 Å². The summed E-state index contributed by atoms with van der Waals surface area (Å²) in [7, 11) is -1.88. The van der Waals surface area contributed by atoms with Crippen molar-refractivity contribution in [1.82, 2.24) is 15.4 Å². The van der Waals surface area contributed by atoms with Gasteiger partial charge in [-0.3, -0.25) is 4.99 Å². The molecule has 1 atom stereocenters. The number of benzene rings is 2. The second kappa shape index (κ2) is 13.1. The minimum absolute atomic E-state index is 0. The van der Waals surface area contributed by atoms with Crippen LogP contribution < -0.4 is 15.4 Å². The number of aliphatic imine (C=N–C) groups is 1. The van der Waals surface area contributed by atoms with E-state index in [1.54, 1.807) is 37.4 Å². The average molecular weight is 576 g/mol. The molecule has 1 aliphatic heterocycles. The van der Waals surface area contributed by atoms with Crippen LogP contribution in [0.4, 0.5) is 4.39 Å². The highest BCUT2D eigenvalue weighted by molar-refractivity contribution is 14.0. The fourth-order valence-electron chi connectivity index (χ4n) is 3.30. The second-order valence-electron chi connectivity index (χ2n) is 7.36. The van der Waals surface area contributed by atoms with Crippen molar-refractivity contribution in [2.45, 2.75) is 36.8 Å². The van der Waals surface area contributed by atoms with Gasteiger partial charge >= 0.3 is 0 Å². The first-order valence-electron chi connectivity index (χ1n) is 10.4. The van der Waals surface area contributed by atoms with Gasteiger partial charge in [0.25, 0.3) is 0 Å². The SMILES string of the molecule is CN=C(NCCc1cccc(F)c1)NCc1ccc(S(=O)(=O)NCC2CCCO2)cc1.I. The fraction of sp³-hybridized carbons (Fsp3) is 0.409. The van der Waals surface area contributed by atoms with Crippen LogP contribution in [0.2, 0.25) is 0 Å². The van der Waals surface area contributed by atoms with Crippen LogP contribution in [0.25, 0.3) is 0 Å². The number of nitrogens with one attached hydrogen (secondary N) is 3. The Labute approximate surface area is 206 Å². The van der Waals surface area contributed by atoms with Crippen molar-refractivity contribution in [1.29, 1.82) is 0 Å². The van der Waals surface area contributed by atoms with E-state index in [0.29, 0.717) is 38.6 Å². The molecule has 2 aromatic rings. The van der Waals surface area contributed by atoms with Gasteiger partial charge in [0.15, 0.2) is 5.96 Å². The minimum atomic E-state index is -3.56. The van der Waals surface area contributed by atoms with Crippen LogP contribution in [0.3, 0.4) is 0 Å². The summed E-state index contributed by atoms with van der Waals surface area (Å²) >= 11 is 0. The summed E-state index contributed by atoms with van der Waals surface area (Å²) in [4.78, 5) is 4.40. The molecule has 176 valence electrons. The molecular formula is C22H30FIN4O3S. The quantitative estimate of drug-likeness (QED) is 0.243. The van der Waals surface area contributed by atoms with Gasteiger partial charge in [0.1, 0.15) is 5.82 Å². The number of ether oxygens (including phenoxy) is 1. The lowest BCUT2D eigenvalue weighted by atomic mass is 10.1. The lowest BCUT2D eigenvalue weighted by Crippen LogP contribution is -2.37. The fourth-order valence-corrected chi connectivity index (χ4v) is 4.37. The summed E-state index contributed by atoms with van der Waals surface area (Å²) in [5, 5.41) is 6.37. The molecule has 1 fully saturated rings. The van der Waals surface area contributed by atoms with Crippen LogP contribution in [-0.4, -0.2) is 47.2 Å². The zero-order valence-electron chi connectivity index (χ0n) is 18.0. The molecule has 1 aliphatic rings. The Morgan fingerprint density at radius 2 is 1.94 bits per heavy atom. The number of guanidine groups is 1. The molecule has 3 rings (SSSR count). The maximum atomic E-state index is 13.2. The van der Waals surface area contributed by atoms with E-state index in [9.17, 15) is 12.8 Å². The Hall–Kier alpha value is -1.76. The maximum Gasteiger partial charge on any atom is 0.240 e. The third-order valence-corrected chi connectivity index (χ3v) is 6.48. The molecule has 1 saturated heterocycles. The summed E-state index contributed by atoms with van der Waals surface area (Å²) in [5.41, 5.74) is 1.83. The number of rotatable bonds is 9. The van der Waals surface area contributed by atoms with Gasteiger partial charge in [0, 0.05) is 33.3 Å². The summed E-state index contributed by atoms with van der Waals surface area (Å²) in [6, 6.07) is 13.2. The van der Waals surface area contributed by atoms with Crippen LogP contribution in [0.1, 0.15) is 24.0 Å². The van der Waals surface area contributed by atoms with E-state index in [-0.39, 0.29) is 40.8 Å². The van der Waals surface area contributed by atoms with E-state index < -0.39 is 10.0 Å². The predicted molar refractivity (Wildman–Crippen MR) is 134 cm³/mol. The molecule has 0 amide bonds. The van der Waals surface area contributed by atoms with Crippen LogP contribution in [0, 0.1) is 5.82 Å². The zero-order chi connectivity index (χ0) is 22.1. The molecule has 1 heterocycles. The summed E-state index contributed by atoms with van der Waals surface area (Å²) in [5.74, 6) is 0.374. The second-order valence-corrected chi connectivity index (χ2v) is 9.13. The monoisotopic (exact) mass is 576 g/mol. The summed E-state index contributed by atoms with van der Waals surface area (Å²) < 4.78 is 46.2. The molecule has 7 nitrogen and oxygen atoms in total. The topological polar surface area (TPSA) is 91.8 Å². The molecule has 2 aromatic carbocycles. The molecule has 0 aliphatic carbocycles.